The first-order valence-corrected chi connectivity index (χ1v) is 13.0. The molecule has 30 heavy (non-hydrogen) atoms. The molecule has 170 valence electrons. The van der Waals surface area contributed by atoms with Gasteiger partial charge in [0.25, 0.3) is 0 Å². The molecule has 0 spiro atoms. The minimum atomic E-state index is -3.20. The molecule has 1 aromatic heterocycles. The highest BCUT2D eigenvalue weighted by atomic mass is 127. The van der Waals surface area contributed by atoms with E-state index in [1.807, 2.05) is 30.1 Å². The number of nitrogens with zero attached hydrogens (tertiary/aromatic N) is 4. The second kappa shape index (κ2) is 13.0. The Morgan fingerprint density at radius 1 is 1.23 bits per heavy atom. The van der Waals surface area contributed by atoms with E-state index in [2.05, 4.69) is 31.6 Å². The van der Waals surface area contributed by atoms with Gasteiger partial charge in [-0.25, -0.2) is 12.7 Å². The minimum Gasteiger partial charge on any atom is -0.355 e. The lowest BCUT2D eigenvalue weighted by Gasteiger charge is -2.33. The Labute approximate surface area is 201 Å². The van der Waals surface area contributed by atoms with Crippen molar-refractivity contribution in [1.29, 1.82) is 0 Å². The summed E-state index contributed by atoms with van der Waals surface area (Å²) in [4.78, 5) is 11.1. The van der Waals surface area contributed by atoms with E-state index in [0.29, 0.717) is 31.6 Å². The normalized spacial score (nSPS) is 19.8. The molecule has 0 aromatic carbocycles. The van der Waals surface area contributed by atoms with E-state index in [1.165, 1.54) is 0 Å². The Balaban J connectivity index is 0.00000320. The van der Waals surface area contributed by atoms with Crippen LogP contribution in [0.1, 0.15) is 18.5 Å². The van der Waals surface area contributed by atoms with E-state index < -0.39 is 10.0 Å². The van der Waals surface area contributed by atoms with Crippen LogP contribution in [0, 0.1) is 0 Å². The number of nitrogens with one attached hydrogen (secondary N) is 2. The van der Waals surface area contributed by atoms with Crippen molar-refractivity contribution in [1.82, 2.24) is 24.8 Å². The monoisotopic (exact) mass is 568 g/mol. The number of hydrogen-bond acceptors (Lipinski definition) is 6. The maximum atomic E-state index is 12.4. The van der Waals surface area contributed by atoms with Gasteiger partial charge < -0.3 is 10.6 Å². The summed E-state index contributed by atoms with van der Waals surface area (Å²) in [5, 5.41) is 6.61. The Morgan fingerprint density at radius 3 is 2.60 bits per heavy atom. The zero-order chi connectivity index (χ0) is 20.5. The number of likely N-dealkylation sites (tertiary alicyclic amines) is 1. The van der Waals surface area contributed by atoms with Crippen LogP contribution in [0.5, 0.6) is 0 Å². The summed E-state index contributed by atoms with van der Waals surface area (Å²) in [5.41, 5.74) is 1.10. The molecule has 3 heterocycles. The molecule has 3 rings (SSSR count). The van der Waals surface area contributed by atoms with Crippen molar-refractivity contribution in [3.63, 3.8) is 0 Å². The van der Waals surface area contributed by atoms with E-state index in [9.17, 15) is 8.42 Å². The van der Waals surface area contributed by atoms with E-state index >= 15 is 0 Å². The third-order valence-corrected chi connectivity index (χ3v) is 8.09. The number of piperidine rings is 1. The fourth-order valence-corrected chi connectivity index (χ4v) is 6.09. The highest BCUT2D eigenvalue weighted by molar-refractivity contribution is 14.0. The lowest BCUT2D eigenvalue weighted by atomic mass is 10.1. The fraction of sp³-hybridized carbons (Fsp3) is 0.684. The van der Waals surface area contributed by atoms with Crippen molar-refractivity contribution in [3.05, 3.63) is 30.1 Å². The van der Waals surface area contributed by atoms with Crippen LogP contribution >= 0.6 is 35.7 Å². The lowest BCUT2D eigenvalue weighted by Crippen LogP contribution is -2.49. The topological polar surface area (TPSA) is 89.9 Å². The van der Waals surface area contributed by atoms with Gasteiger partial charge in [0.1, 0.15) is 0 Å². The van der Waals surface area contributed by atoms with Crippen molar-refractivity contribution in [2.75, 3.05) is 57.0 Å². The number of aliphatic imine (C=N–C) groups is 1. The van der Waals surface area contributed by atoms with Crippen molar-refractivity contribution in [2.45, 2.75) is 25.4 Å². The standard InChI is InChI=1S/C19H32N6O2S2.HI/c1-20-19(22-8-15-29(26,27)25-11-13-28-14-12-25)23-17-5-9-24(10-6-17)16-18-4-2-3-7-21-18;/h2-4,7,17H,5-6,8-16H2,1H3,(H2,20,22,23);1H. The number of sulfonamides is 1. The van der Waals surface area contributed by atoms with Crippen LogP contribution in [0.3, 0.4) is 0 Å². The highest BCUT2D eigenvalue weighted by Crippen LogP contribution is 2.14. The van der Waals surface area contributed by atoms with Gasteiger partial charge in [0.05, 0.1) is 11.4 Å². The molecule has 0 atom stereocenters. The van der Waals surface area contributed by atoms with E-state index in [4.69, 9.17) is 0 Å². The predicted molar refractivity (Wildman–Crippen MR) is 135 cm³/mol. The van der Waals surface area contributed by atoms with Gasteiger partial charge >= 0.3 is 0 Å². The van der Waals surface area contributed by atoms with Crippen molar-refractivity contribution >= 4 is 51.7 Å². The molecular weight excluding hydrogens is 535 g/mol. The largest absolute Gasteiger partial charge is 0.355 e. The molecule has 11 heteroatoms. The van der Waals surface area contributed by atoms with Gasteiger partial charge in [-0.05, 0) is 25.0 Å². The summed E-state index contributed by atoms with van der Waals surface area (Å²) in [6.07, 6.45) is 3.89. The van der Waals surface area contributed by atoms with Crippen molar-refractivity contribution < 1.29 is 8.42 Å². The number of thioether (sulfide) groups is 1. The molecule has 1 aromatic rings. The molecule has 2 aliphatic rings. The summed E-state index contributed by atoms with van der Waals surface area (Å²) < 4.78 is 26.5. The molecule has 0 radical (unpaired) electrons. The van der Waals surface area contributed by atoms with Crippen LogP contribution in [-0.4, -0.2) is 91.6 Å². The molecule has 0 aliphatic carbocycles. The van der Waals surface area contributed by atoms with Gasteiger partial charge in [0.2, 0.25) is 10.0 Å². The molecule has 2 fully saturated rings. The van der Waals surface area contributed by atoms with Gasteiger partial charge in [-0.1, -0.05) is 6.07 Å². The van der Waals surface area contributed by atoms with Gasteiger partial charge in [-0.3, -0.25) is 14.9 Å². The molecule has 0 amide bonds. The molecule has 2 saturated heterocycles. The zero-order valence-corrected chi connectivity index (χ0v) is 21.5. The summed E-state index contributed by atoms with van der Waals surface area (Å²) in [5.74, 6) is 2.54. The van der Waals surface area contributed by atoms with Crippen LogP contribution in [0.15, 0.2) is 29.4 Å². The number of pyridine rings is 1. The number of halogens is 1. The SMILES string of the molecule is CN=C(NCCS(=O)(=O)N1CCSCC1)NC1CCN(Cc2ccccn2)CC1.I. The highest BCUT2D eigenvalue weighted by Gasteiger charge is 2.24. The Morgan fingerprint density at radius 2 is 1.97 bits per heavy atom. The van der Waals surface area contributed by atoms with Gasteiger partial charge in [0, 0.05) is 70.1 Å². The second-order valence-corrected chi connectivity index (χ2v) is 10.7. The maximum absolute atomic E-state index is 12.4. The van der Waals surface area contributed by atoms with E-state index in [-0.39, 0.29) is 29.7 Å². The van der Waals surface area contributed by atoms with Gasteiger partial charge in [-0.2, -0.15) is 11.8 Å². The fourth-order valence-electron chi connectivity index (χ4n) is 3.60. The summed E-state index contributed by atoms with van der Waals surface area (Å²) in [6, 6.07) is 6.37. The summed E-state index contributed by atoms with van der Waals surface area (Å²) in [7, 11) is -1.47. The molecular formula is C19H33IN6O2S2. The van der Waals surface area contributed by atoms with Gasteiger partial charge in [-0.15, -0.1) is 24.0 Å². The Hall–Kier alpha value is -0.630. The molecule has 2 N–H and O–H groups in total. The van der Waals surface area contributed by atoms with Crippen molar-refractivity contribution in [3.8, 4) is 0 Å². The smallest absolute Gasteiger partial charge is 0.215 e. The zero-order valence-electron chi connectivity index (χ0n) is 17.5. The number of hydrogen-bond donors (Lipinski definition) is 2. The third-order valence-electron chi connectivity index (χ3n) is 5.28. The quantitative estimate of drug-likeness (QED) is 0.291. The molecule has 0 unspecified atom stereocenters. The van der Waals surface area contributed by atoms with Crippen LogP contribution in [-0.2, 0) is 16.6 Å². The third kappa shape index (κ3) is 8.13. The van der Waals surface area contributed by atoms with Crippen molar-refractivity contribution in [2.24, 2.45) is 4.99 Å². The molecule has 8 nitrogen and oxygen atoms in total. The number of aromatic nitrogens is 1. The average Bonchev–Trinajstić information content (AvgIpc) is 2.75. The van der Waals surface area contributed by atoms with Crippen LogP contribution in [0.2, 0.25) is 0 Å². The van der Waals surface area contributed by atoms with E-state index in [0.717, 1.165) is 49.7 Å². The summed E-state index contributed by atoms with van der Waals surface area (Å²) >= 11 is 1.81. The first kappa shape index (κ1) is 25.6. The Bertz CT molecular complexity index is 752. The lowest BCUT2D eigenvalue weighted by molar-refractivity contribution is 0.196. The minimum absolute atomic E-state index is 0. The predicted octanol–water partition coefficient (Wildman–Crippen LogP) is 1.21. The van der Waals surface area contributed by atoms with E-state index in [1.54, 1.807) is 11.4 Å². The second-order valence-electron chi connectivity index (χ2n) is 7.34. The summed E-state index contributed by atoms with van der Waals surface area (Å²) in [6.45, 7) is 4.50. The average molecular weight is 569 g/mol. The first-order chi connectivity index (χ1) is 14.1. The first-order valence-electron chi connectivity index (χ1n) is 10.2. The molecule has 0 bridgehead atoms. The molecule has 2 aliphatic heterocycles. The van der Waals surface area contributed by atoms with Crippen LogP contribution < -0.4 is 10.6 Å². The van der Waals surface area contributed by atoms with Crippen LogP contribution in [0.4, 0.5) is 0 Å². The van der Waals surface area contributed by atoms with Crippen LogP contribution in [0.25, 0.3) is 0 Å². The number of rotatable bonds is 7. The maximum Gasteiger partial charge on any atom is 0.215 e. The van der Waals surface area contributed by atoms with Gasteiger partial charge in [0.15, 0.2) is 5.96 Å². The Kier molecular flexibility index (Phi) is 11.1. The molecule has 0 saturated carbocycles. The number of guanidine groups is 1.